The van der Waals surface area contributed by atoms with Gasteiger partial charge in [-0.15, -0.1) is 11.3 Å². The molecule has 25 heavy (non-hydrogen) atoms. The van der Waals surface area contributed by atoms with Crippen LogP contribution in [0.2, 0.25) is 0 Å². The molecule has 3 N–H and O–H groups in total. The first-order chi connectivity index (χ1) is 12.0. The summed E-state index contributed by atoms with van der Waals surface area (Å²) in [5.41, 5.74) is 3.15. The summed E-state index contributed by atoms with van der Waals surface area (Å²) in [6.45, 7) is 4.51. The van der Waals surface area contributed by atoms with Crippen LogP contribution < -0.4 is 10.6 Å². The Morgan fingerprint density at radius 2 is 2.08 bits per heavy atom. The van der Waals surface area contributed by atoms with Gasteiger partial charge in [0.15, 0.2) is 5.13 Å². The number of anilines is 1. The van der Waals surface area contributed by atoms with Gasteiger partial charge in [0.25, 0.3) is 0 Å². The number of hydrogen-bond acceptors (Lipinski definition) is 6. The molecule has 2 atom stereocenters. The van der Waals surface area contributed by atoms with Crippen molar-refractivity contribution >= 4 is 22.4 Å². The standard InChI is InChI=1S/C18H25N3O3S/c1-4-13-5-7-14(8-6-13)15-11-25-18(20-15)21-16(12(2)22)17(23)19-9-10-24-3/h5-8,11-12,16,22H,4,9-10H2,1-3H3,(H,19,23)(H,20,21)/t12-,16+/m1/s1. The predicted octanol–water partition coefficient (Wildman–Crippen LogP) is 2.30. The topological polar surface area (TPSA) is 83.5 Å². The van der Waals surface area contributed by atoms with Crippen molar-refractivity contribution < 1.29 is 14.6 Å². The number of amides is 1. The Labute approximate surface area is 152 Å². The number of aliphatic hydroxyl groups excluding tert-OH is 1. The molecule has 0 fully saturated rings. The molecule has 0 bridgehead atoms. The van der Waals surface area contributed by atoms with Gasteiger partial charge in [-0.3, -0.25) is 4.79 Å². The van der Waals surface area contributed by atoms with Gasteiger partial charge < -0.3 is 20.5 Å². The number of hydrogen-bond donors (Lipinski definition) is 3. The highest BCUT2D eigenvalue weighted by Gasteiger charge is 2.24. The lowest BCUT2D eigenvalue weighted by Gasteiger charge is -2.20. The van der Waals surface area contributed by atoms with E-state index in [9.17, 15) is 9.90 Å². The molecule has 1 aromatic heterocycles. The summed E-state index contributed by atoms with van der Waals surface area (Å²) in [4.78, 5) is 16.7. The number of thiazole rings is 1. The molecule has 0 saturated heterocycles. The van der Waals surface area contributed by atoms with Crippen LogP contribution in [0.4, 0.5) is 5.13 Å². The zero-order valence-electron chi connectivity index (χ0n) is 14.8. The first-order valence-electron chi connectivity index (χ1n) is 8.31. The number of carbonyl (C=O) groups excluding carboxylic acids is 1. The van der Waals surface area contributed by atoms with Crippen molar-refractivity contribution in [2.24, 2.45) is 0 Å². The predicted molar refractivity (Wildman–Crippen MR) is 101 cm³/mol. The lowest BCUT2D eigenvalue weighted by Crippen LogP contribution is -2.46. The zero-order valence-corrected chi connectivity index (χ0v) is 15.6. The molecule has 0 unspecified atom stereocenters. The molecule has 6 nitrogen and oxygen atoms in total. The van der Waals surface area contributed by atoms with Crippen LogP contribution in [0.5, 0.6) is 0 Å². The molecule has 0 aliphatic heterocycles. The molecule has 0 radical (unpaired) electrons. The third-order valence-corrected chi connectivity index (χ3v) is 4.58. The van der Waals surface area contributed by atoms with Gasteiger partial charge in [-0.05, 0) is 18.9 Å². The number of carbonyl (C=O) groups is 1. The maximum atomic E-state index is 12.2. The molecule has 7 heteroatoms. The molecular weight excluding hydrogens is 338 g/mol. The number of aryl methyl sites for hydroxylation is 1. The molecule has 1 amide bonds. The Kier molecular flexibility index (Phi) is 7.36. The summed E-state index contributed by atoms with van der Waals surface area (Å²) in [6.07, 6.45) is 0.150. The fraction of sp³-hybridized carbons (Fsp3) is 0.444. The maximum absolute atomic E-state index is 12.2. The minimum Gasteiger partial charge on any atom is -0.391 e. The second-order valence-electron chi connectivity index (χ2n) is 5.73. The van der Waals surface area contributed by atoms with Crippen LogP contribution >= 0.6 is 11.3 Å². The molecule has 1 heterocycles. The van der Waals surface area contributed by atoms with Crippen molar-refractivity contribution in [3.63, 3.8) is 0 Å². The van der Waals surface area contributed by atoms with Crippen LogP contribution in [0.1, 0.15) is 19.4 Å². The van der Waals surface area contributed by atoms with Gasteiger partial charge in [-0.25, -0.2) is 4.98 Å². The van der Waals surface area contributed by atoms with Gasteiger partial charge >= 0.3 is 0 Å². The van der Waals surface area contributed by atoms with Crippen LogP contribution in [0.25, 0.3) is 11.3 Å². The number of nitrogens with zero attached hydrogens (tertiary/aromatic N) is 1. The Balaban J connectivity index is 2.04. The third kappa shape index (κ3) is 5.52. The first-order valence-corrected chi connectivity index (χ1v) is 9.19. The molecule has 0 spiro atoms. The van der Waals surface area contributed by atoms with Crippen molar-refractivity contribution in [2.45, 2.75) is 32.4 Å². The molecule has 136 valence electrons. The van der Waals surface area contributed by atoms with E-state index in [0.717, 1.165) is 17.7 Å². The second-order valence-corrected chi connectivity index (χ2v) is 6.59. The van der Waals surface area contributed by atoms with E-state index < -0.39 is 12.1 Å². The van der Waals surface area contributed by atoms with E-state index in [0.29, 0.717) is 18.3 Å². The van der Waals surface area contributed by atoms with Gasteiger partial charge in [0, 0.05) is 24.6 Å². The highest BCUT2D eigenvalue weighted by Crippen LogP contribution is 2.26. The van der Waals surface area contributed by atoms with Gasteiger partial charge in [-0.1, -0.05) is 31.2 Å². The summed E-state index contributed by atoms with van der Waals surface area (Å²) < 4.78 is 4.91. The van der Waals surface area contributed by atoms with Crippen LogP contribution in [0, 0.1) is 0 Å². The minimum atomic E-state index is -0.848. The van der Waals surface area contributed by atoms with E-state index >= 15 is 0 Å². The van der Waals surface area contributed by atoms with Gasteiger partial charge in [0.05, 0.1) is 18.4 Å². The molecule has 2 aromatic rings. The Morgan fingerprint density at radius 3 is 2.68 bits per heavy atom. The minimum absolute atomic E-state index is 0.281. The monoisotopic (exact) mass is 363 g/mol. The second kappa shape index (κ2) is 9.50. The number of benzene rings is 1. The van der Waals surface area contributed by atoms with E-state index in [1.807, 2.05) is 17.5 Å². The van der Waals surface area contributed by atoms with Gasteiger partial charge in [0.1, 0.15) is 6.04 Å². The van der Waals surface area contributed by atoms with Crippen molar-refractivity contribution in [1.29, 1.82) is 0 Å². The van der Waals surface area contributed by atoms with E-state index in [1.165, 1.54) is 16.9 Å². The molecule has 0 aliphatic carbocycles. The summed E-state index contributed by atoms with van der Waals surface area (Å²) >= 11 is 1.41. The molecule has 0 aliphatic rings. The van der Waals surface area contributed by atoms with E-state index in [2.05, 4.69) is 34.7 Å². The molecule has 2 rings (SSSR count). The number of methoxy groups -OCH3 is 1. The van der Waals surface area contributed by atoms with Crippen molar-refractivity contribution in [1.82, 2.24) is 10.3 Å². The lowest BCUT2D eigenvalue weighted by molar-refractivity contribution is -0.123. The van der Waals surface area contributed by atoms with E-state index in [-0.39, 0.29) is 5.91 Å². The Hall–Kier alpha value is -1.96. The van der Waals surface area contributed by atoms with Crippen molar-refractivity contribution in [2.75, 3.05) is 25.6 Å². The highest BCUT2D eigenvalue weighted by molar-refractivity contribution is 7.14. The highest BCUT2D eigenvalue weighted by atomic mass is 32.1. The number of rotatable bonds is 9. The van der Waals surface area contributed by atoms with Gasteiger partial charge in [-0.2, -0.15) is 0 Å². The number of aliphatic hydroxyl groups is 1. The van der Waals surface area contributed by atoms with E-state index in [4.69, 9.17) is 4.74 Å². The third-order valence-electron chi connectivity index (χ3n) is 3.81. The average molecular weight is 363 g/mol. The smallest absolute Gasteiger partial charge is 0.245 e. The first kappa shape index (κ1) is 19.4. The number of nitrogens with one attached hydrogen (secondary N) is 2. The van der Waals surface area contributed by atoms with Crippen molar-refractivity contribution in [3.8, 4) is 11.3 Å². The average Bonchev–Trinajstić information content (AvgIpc) is 3.08. The lowest BCUT2D eigenvalue weighted by atomic mass is 10.1. The van der Waals surface area contributed by atoms with Gasteiger partial charge in [0.2, 0.25) is 5.91 Å². The quantitative estimate of drug-likeness (QED) is 0.596. The summed E-state index contributed by atoms with van der Waals surface area (Å²) in [5.74, 6) is -0.281. The normalized spacial score (nSPS) is 13.3. The fourth-order valence-corrected chi connectivity index (χ4v) is 3.07. The fourth-order valence-electron chi connectivity index (χ4n) is 2.31. The Morgan fingerprint density at radius 1 is 1.36 bits per heavy atom. The van der Waals surface area contributed by atoms with Crippen molar-refractivity contribution in [3.05, 3.63) is 35.2 Å². The van der Waals surface area contributed by atoms with Crippen LogP contribution in [0.3, 0.4) is 0 Å². The Bertz CT molecular complexity index is 670. The SMILES string of the molecule is CCc1ccc(-c2csc(N[C@H](C(=O)NCCOC)[C@@H](C)O)n2)cc1. The molecule has 0 saturated carbocycles. The summed E-state index contributed by atoms with van der Waals surface area (Å²) in [6, 6.07) is 7.49. The van der Waals surface area contributed by atoms with Crippen LogP contribution in [-0.2, 0) is 16.0 Å². The molecular formula is C18H25N3O3S. The maximum Gasteiger partial charge on any atom is 0.245 e. The number of aromatic nitrogens is 1. The molecule has 1 aromatic carbocycles. The number of ether oxygens (including phenoxy) is 1. The van der Waals surface area contributed by atoms with Crippen LogP contribution in [0.15, 0.2) is 29.6 Å². The zero-order chi connectivity index (χ0) is 18.2. The summed E-state index contributed by atoms with van der Waals surface area (Å²) in [7, 11) is 1.57. The summed E-state index contributed by atoms with van der Waals surface area (Å²) in [5, 5.41) is 18.2. The van der Waals surface area contributed by atoms with Crippen LogP contribution in [-0.4, -0.2) is 48.4 Å². The van der Waals surface area contributed by atoms with E-state index in [1.54, 1.807) is 14.0 Å². The largest absolute Gasteiger partial charge is 0.391 e.